The molecule has 1 aromatic carbocycles. The molecular formula is C10H7F3N2OS. The van der Waals surface area contributed by atoms with E-state index in [2.05, 4.69) is 10.5 Å². The zero-order chi connectivity index (χ0) is 12.5. The van der Waals surface area contributed by atoms with E-state index in [0.717, 1.165) is 23.9 Å². The molecule has 0 fully saturated rings. The summed E-state index contributed by atoms with van der Waals surface area (Å²) in [5.74, 6) is 0.271. The quantitative estimate of drug-likeness (QED) is 0.843. The van der Waals surface area contributed by atoms with E-state index in [0.29, 0.717) is 11.3 Å². The summed E-state index contributed by atoms with van der Waals surface area (Å²) in [6, 6.07) is 4.88. The Morgan fingerprint density at radius 3 is 2.71 bits per heavy atom. The fourth-order valence-electron chi connectivity index (χ4n) is 1.33. The Bertz CT molecular complexity index is 485. The van der Waals surface area contributed by atoms with Crippen molar-refractivity contribution in [3.63, 3.8) is 0 Å². The lowest BCUT2D eigenvalue weighted by Crippen LogP contribution is -2.24. The van der Waals surface area contributed by atoms with E-state index in [1.807, 2.05) is 0 Å². The van der Waals surface area contributed by atoms with Crippen LogP contribution < -0.4 is 5.43 Å². The van der Waals surface area contributed by atoms with Crippen molar-refractivity contribution in [2.24, 2.45) is 5.10 Å². The number of alkyl halides is 3. The molecule has 0 atom stereocenters. The summed E-state index contributed by atoms with van der Waals surface area (Å²) in [7, 11) is 0. The van der Waals surface area contributed by atoms with Gasteiger partial charge in [-0.05, 0) is 17.7 Å². The van der Waals surface area contributed by atoms with Gasteiger partial charge in [-0.1, -0.05) is 23.9 Å². The van der Waals surface area contributed by atoms with Crippen molar-refractivity contribution >= 4 is 22.7 Å². The van der Waals surface area contributed by atoms with Crippen molar-refractivity contribution in [1.82, 2.24) is 5.43 Å². The molecule has 0 spiro atoms. The van der Waals surface area contributed by atoms with E-state index < -0.39 is 11.7 Å². The molecule has 1 aliphatic heterocycles. The highest BCUT2D eigenvalue weighted by molar-refractivity contribution is 8.14. The smallest absolute Gasteiger partial charge is 0.260 e. The minimum atomic E-state index is -4.37. The molecule has 3 nitrogen and oxygen atoms in total. The predicted octanol–water partition coefficient (Wildman–Crippen LogP) is 2.87. The van der Waals surface area contributed by atoms with Crippen LogP contribution in [-0.4, -0.2) is 16.7 Å². The van der Waals surface area contributed by atoms with Gasteiger partial charge in [-0.15, -0.1) is 0 Å². The van der Waals surface area contributed by atoms with Crippen LogP contribution in [0.5, 0.6) is 0 Å². The molecule has 1 heterocycles. The van der Waals surface area contributed by atoms with E-state index in [9.17, 15) is 18.0 Å². The summed E-state index contributed by atoms with van der Waals surface area (Å²) in [4.78, 5) is 10.8. The summed E-state index contributed by atoms with van der Waals surface area (Å²) >= 11 is 0.972. The van der Waals surface area contributed by atoms with E-state index >= 15 is 0 Å². The summed E-state index contributed by atoms with van der Waals surface area (Å²) in [5.41, 5.74) is 2.30. The number of thioether (sulfide) groups is 1. The first-order chi connectivity index (χ1) is 7.97. The number of carbonyl (C=O) groups excluding carboxylic acids is 1. The SMILES string of the molecule is O=C1NN=C(c2cccc(C(F)(F)F)c2)CS1. The normalized spacial score (nSPS) is 16.4. The Morgan fingerprint density at radius 2 is 2.12 bits per heavy atom. The fourth-order valence-corrected chi connectivity index (χ4v) is 1.94. The highest BCUT2D eigenvalue weighted by atomic mass is 32.2. The van der Waals surface area contributed by atoms with Gasteiger partial charge >= 0.3 is 6.18 Å². The minimum absolute atomic E-state index is 0.271. The third-order valence-corrected chi connectivity index (χ3v) is 2.92. The topological polar surface area (TPSA) is 41.5 Å². The van der Waals surface area contributed by atoms with Gasteiger partial charge in [0.05, 0.1) is 11.3 Å². The van der Waals surface area contributed by atoms with Crippen molar-refractivity contribution in [3.05, 3.63) is 35.4 Å². The molecule has 0 radical (unpaired) electrons. The monoisotopic (exact) mass is 260 g/mol. The maximum atomic E-state index is 12.5. The second-order valence-electron chi connectivity index (χ2n) is 3.32. The van der Waals surface area contributed by atoms with Crippen LogP contribution in [0.1, 0.15) is 11.1 Å². The minimum Gasteiger partial charge on any atom is -0.260 e. The van der Waals surface area contributed by atoms with Gasteiger partial charge in [0, 0.05) is 5.75 Å². The maximum absolute atomic E-state index is 12.5. The standard InChI is InChI=1S/C10H7F3N2OS/c11-10(12,13)7-3-1-2-6(4-7)8-5-17-9(16)15-14-8/h1-4H,5H2,(H,15,16). The average molecular weight is 260 g/mol. The molecule has 0 aromatic heterocycles. The van der Waals surface area contributed by atoms with Crippen molar-refractivity contribution in [3.8, 4) is 0 Å². The van der Waals surface area contributed by atoms with Crippen LogP contribution in [0.4, 0.5) is 18.0 Å². The molecule has 1 aromatic rings. The molecule has 0 saturated carbocycles. The summed E-state index contributed by atoms with van der Waals surface area (Å²) < 4.78 is 37.4. The van der Waals surface area contributed by atoms with Gasteiger partial charge in [0.25, 0.3) is 5.24 Å². The molecule has 1 N–H and O–H groups in total. The van der Waals surface area contributed by atoms with Crippen molar-refractivity contribution < 1.29 is 18.0 Å². The molecule has 7 heteroatoms. The summed E-state index contributed by atoms with van der Waals surface area (Å²) in [6.45, 7) is 0. The number of hydrazone groups is 1. The molecule has 17 heavy (non-hydrogen) atoms. The van der Waals surface area contributed by atoms with Gasteiger partial charge in [0.15, 0.2) is 0 Å². The van der Waals surface area contributed by atoms with Crippen LogP contribution >= 0.6 is 11.8 Å². The number of benzene rings is 1. The van der Waals surface area contributed by atoms with Crippen LogP contribution in [0.15, 0.2) is 29.4 Å². The molecule has 0 bridgehead atoms. The highest BCUT2D eigenvalue weighted by Crippen LogP contribution is 2.30. The highest BCUT2D eigenvalue weighted by Gasteiger charge is 2.30. The van der Waals surface area contributed by atoms with Gasteiger partial charge < -0.3 is 0 Å². The van der Waals surface area contributed by atoms with Crippen LogP contribution in [-0.2, 0) is 6.18 Å². The number of rotatable bonds is 1. The molecule has 2 rings (SSSR count). The lowest BCUT2D eigenvalue weighted by Gasteiger charge is -2.13. The lowest BCUT2D eigenvalue weighted by molar-refractivity contribution is -0.137. The Balaban J connectivity index is 2.31. The van der Waals surface area contributed by atoms with Crippen LogP contribution in [0.25, 0.3) is 0 Å². The van der Waals surface area contributed by atoms with Crippen LogP contribution in [0.3, 0.4) is 0 Å². The number of nitrogens with zero attached hydrogens (tertiary/aromatic N) is 1. The van der Waals surface area contributed by atoms with Gasteiger partial charge in [-0.2, -0.15) is 18.3 Å². The molecule has 0 saturated heterocycles. The second-order valence-corrected chi connectivity index (χ2v) is 4.27. The number of halogens is 3. The molecular weight excluding hydrogens is 253 g/mol. The van der Waals surface area contributed by atoms with E-state index in [1.165, 1.54) is 12.1 Å². The van der Waals surface area contributed by atoms with Gasteiger partial charge in [0.2, 0.25) is 0 Å². The zero-order valence-electron chi connectivity index (χ0n) is 8.41. The third-order valence-electron chi connectivity index (χ3n) is 2.15. The maximum Gasteiger partial charge on any atom is 0.416 e. The molecule has 0 aliphatic carbocycles. The number of hydrogen-bond donors (Lipinski definition) is 1. The van der Waals surface area contributed by atoms with Gasteiger partial charge in [0.1, 0.15) is 0 Å². The Labute approximate surface area is 99.1 Å². The van der Waals surface area contributed by atoms with Gasteiger partial charge in [-0.25, -0.2) is 5.43 Å². The van der Waals surface area contributed by atoms with Crippen molar-refractivity contribution in [1.29, 1.82) is 0 Å². The van der Waals surface area contributed by atoms with Crippen LogP contribution in [0, 0.1) is 0 Å². The Hall–Kier alpha value is -1.50. The third kappa shape index (κ3) is 2.79. The van der Waals surface area contributed by atoms with Crippen LogP contribution in [0.2, 0.25) is 0 Å². The van der Waals surface area contributed by atoms with E-state index in [4.69, 9.17) is 0 Å². The molecule has 1 aliphatic rings. The average Bonchev–Trinajstić information content (AvgIpc) is 2.29. The summed E-state index contributed by atoms with van der Waals surface area (Å²) in [6.07, 6.45) is -4.37. The first kappa shape index (κ1) is 12.0. The summed E-state index contributed by atoms with van der Waals surface area (Å²) in [5, 5.41) is 3.43. The largest absolute Gasteiger partial charge is 0.416 e. The first-order valence-electron chi connectivity index (χ1n) is 4.64. The second kappa shape index (κ2) is 4.40. The number of carbonyl (C=O) groups is 1. The molecule has 90 valence electrons. The zero-order valence-corrected chi connectivity index (χ0v) is 9.23. The molecule has 0 unspecified atom stereocenters. The van der Waals surface area contributed by atoms with Gasteiger partial charge in [-0.3, -0.25) is 4.79 Å². The lowest BCUT2D eigenvalue weighted by atomic mass is 10.1. The Kier molecular flexibility index (Phi) is 3.10. The van der Waals surface area contributed by atoms with Crippen molar-refractivity contribution in [2.75, 3.05) is 5.75 Å². The van der Waals surface area contributed by atoms with Crippen molar-refractivity contribution in [2.45, 2.75) is 6.18 Å². The Morgan fingerprint density at radius 1 is 1.35 bits per heavy atom. The number of hydrogen-bond acceptors (Lipinski definition) is 3. The molecule has 1 amide bonds. The van der Waals surface area contributed by atoms with E-state index in [1.54, 1.807) is 0 Å². The first-order valence-corrected chi connectivity index (χ1v) is 5.62. The fraction of sp³-hybridized carbons (Fsp3) is 0.200. The number of nitrogens with one attached hydrogen (secondary N) is 1. The van der Waals surface area contributed by atoms with E-state index in [-0.39, 0.29) is 11.0 Å². The number of amides is 1. The predicted molar refractivity (Wildman–Crippen MR) is 59.0 cm³/mol.